The van der Waals surface area contributed by atoms with Crippen molar-refractivity contribution in [3.63, 3.8) is 0 Å². The molecule has 5 fully saturated rings. The molecule has 12 heteroatoms. The molecule has 0 aromatic heterocycles. The third kappa shape index (κ3) is 9.34. The molecule has 1 aliphatic carbocycles. The monoisotopic (exact) mass is 621 g/mol. The van der Waals surface area contributed by atoms with Gasteiger partial charge in [0.15, 0.2) is 0 Å². The average molecular weight is 622 g/mol. The average Bonchev–Trinajstić information content (AvgIpc) is 3.43. The molecule has 4 aliphatic heterocycles. The van der Waals surface area contributed by atoms with Crippen molar-refractivity contribution in [2.75, 3.05) is 66.7 Å². The van der Waals surface area contributed by atoms with Crippen molar-refractivity contribution in [3.8, 4) is 0 Å². The van der Waals surface area contributed by atoms with Crippen LogP contribution >= 0.6 is 0 Å². The molecule has 12 nitrogen and oxygen atoms in total. The van der Waals surface area contributed by atoms with Gasteiger partial charge in [-0.25, -0.2) is 0 Å². The first-order valence-electron chi connectivity index (χ1n) is 17.2. The molecular weight excluding hydrogens is 562 g/mol. The summed E-state index contributed by atoms with van der Waals surface area (Å²) >= 11 is 0. The summed E-state index contributed by atoms with van der Waals surface area (Å²) in [4.78, 5) is 31.4. The van der Waals surface area contributed by atoms with Gasteiger partial charge in [-0.1, -0.05) is 0 Å². The fourth-order valence-electron chi connectivity index (χ4n) is 8.03. The topological polar surface area (TPSA) is 131 Å². The van der Waals surface area contributed by atoms with Crippen molar-refractivity contribution in [2.45, 2.75) is 108 Å². The summed E-state index contributed by atoms with van der Waals surface area (Å²) in [7, 11) is 4.08. The fraction of sp³-hybridized carbons (Fsp3) is 0.938. The van der Waals surface area contributed by atoms with E-state index in [2.05, 4.69) is 38.0 Å². The molecular formula is C32H59N7O5. The Hall–Kier alpha value is -1.38. The number of aliphatic hydroxyl groups is 1. The highest BCUT2D eigenvalue weighted by atomic mass is 16.5. The number of aliphatic hydroxyl groups excluding tert-OH is 1. The van der Waals surface area contributed by atoms with Gasteiger partial charge in [-0.15, -0.1) is 0 Å². The number of likely N-dealkylation sites (tertiary alicyclic amines) is 2. The number of carbonyl (C=O) groups excluding carboxylic acids is 2. The van der Waals surface area contributed by atoms with Crippen LogP contribution in [0, 0.1) is 17.8 Å². The quantitative estimate of drug-likeness (QED) is 0.217. The predicted octanol–water partition coefficient (Wildman–Crippen LogP) is 0.119. The Labute approximate surface area is 264 Å². The van der Waals surface area contributed by atoms with Gasteiger partial charge in [-0.3, -0.25) is 30.4 Å². The van der Waals surface area contributed by atoms with E-state index in [4.69, 9.17) is 9.47 Å². The smallest absolute Gasteiger partial charge is 0.223 e. The third-order valence-electron chi connectivity index (χ3n) is 10.9. The van der Waals surface area contributed by atoms with E-state index >= 15 is 0 Å². The molecule has 5 N–H and O–H groups in total. The minimum atomic E-state index is -0.580. The molecule has 0 spiro atoms. The molecule has 252 valence electrons. The molecule has 0 radical (unpaired) electrons. The van der Waals surface area contributed by atoms with E-state index in [0.29, 0.717) is 56.3 Å². The summed E-state index contributed by atoms with van der Waals surface area (Å²) < 4.78 is 12.0. The van der Waals surface area contributed by atoms with Crippen LogP contribution in [0.25, 0.3) is 0 Å². The lowest BCUT2D eigenvalue weighted by Crippen LogP contribution is -2.61. The molecule has 0 aromatic carbocycles. The van der Waals surface area contributed by atoms with E-state index in [1.165, 1.54) is 6.42 Å². The number of amides is 2. The van der Waals surface area contributed by atoms with Gasteiger partial charge in [0, 0.05) is 57.6 Å². The Balaban J connectivity index is 1.01. The lowest BCUT2D eigenvalue weighted by molar-refractivity contribution is -0.130. The Kier molecular flexibility index (Phi) is 12.3. The summed E-state index contributed by atoms with van der Waals surface area (Å²) in [6.45, 7) is 9.53. The minimum Gasteiger partial charge on any atom is -0.390 e. The van der Waals surface area contributed by atoms with E-state index in [1.54, 1.807) is 6.92 Å². The number of fused-ring (bicyclic) bond motifs is 1. The molecule has 4 heterocycles. The zero-order valence-corrected chi connectivity index (χ0v) is 27.5. The standard InChI is InChI=1S/C32H59N7O5/c1-21-29(44-20-34-21)19-43-28-6-5-24-17-38(10-7-23(24)13-28)18-27(41)16-33-32(42)25-14-30(36-31(15-25)37(3)4)35-26-8-11-39(12-9-26)22(2)40/h21,23-31,34-36,41H,5-20H2,1-4H3,(H,33,42)/t21?,23?,24?,25?,27-,28?,29?,30?,31?/m0/s1. The number of rotatable bonds is 11. The van der Waals surface area contributed by atoms with E-state index < -0.39 is 6.10 Å². The molecule has 0 aromatic rings. The van der Waals surface area contributed by atoms with Crippen LogP contribution in [-0.2, 0) is 19.1 Å². The third-order valence-corrected chi connectivity index (χ3v) is 10.9. The van der Waals surface area contributed by atoms with Crippen LogP contribution in [0.3, 0.4) is 0 Å². The van der Waals surface area contributed by atoms with Gasteiger partial charge >= 0.3 is 0 Å². The SMILES string of the molecule is CC(=O)N1CCC(NC2CC(C(=O)NC[C@H](O)CN3CCC4CC(OCC5OCNC5C)CCC4C3)CC(N(C)C)N2)CC1. The molecule has 4 saturated heterocycles. The molecule has 5 rings (SSSR count). The molecule has 44 heavy (non-hydrogen) atoms. The van der Waals surface area contributed by atoms with E-state index in [1.807, 2.05) is 19.0 Å². The zero-order valence-electron chi connectivity index (χ0n) is 27.5. The number of hydrogen-bond acceptors (Lipinski definition) is 10. The minimum absolute atomic E-state index is 0.0285. The first kappa shape index (κ1) is 34.0. The van der Waals surface area contributed by atoms with Crippen LogP contribution in [0.2, 0.25) is 0 Å². The van der Waals surface area contributed by atoms with E-state index in [0.717, 1.165) is 64.7 Å². The number of nitrogens with one attached hydrogen (secondary N) is 4. The highest BCUT2D eigenvalue weighted by molar-refractivity contribution is 5.78. The largest absolute Gasteiger partial charge is 0.390 e. The van der Waals surface area contributed by atoms with Gasteiger partial charge in [0.25, 0.3) is 0 Å². The van der Waals surface area contributed by atoms with Crippen LogP contribution in [0.4, 0.5) is 0 Å². The molecule has 8 unspecified atom stereocenters. The van der Waals surface area contributed by atoms with Gasteiger partial charge in [-0.05, 0) is 90.8 Å². The molecule has 2 amide bonds. The second kappa shape index (κ2) is 15.9. The first-order valence-corrected chi connectivity index (χ1v) is 17.2. The summed E-state index contributed by atoms with van der Waals surface area (Å²) in [5, 5.41) is 24.7. The van der Waals surface area contributed by atoms with Crippen LogP contribution in [0.15, 0.2) is 0 Å². The normalized spacial score (nSPS) is 36.3. The van der Waals surface area contributed by atoms with Crippen LogP contribution < -0.4 is 21.3 Å². The second-order valence-electron chi connectivity index (χ2n) is 14.4. The summed E-state index contributed by atoms with van der Waals surface area (Å²) in [6.07, 6.45) is 7.87. The zero-order chi connectivity index (χ0) is 31.2. The Morgan fingerprint density at radius 3 is 2.57 bits per heavy atom. The van der Waals surface area contributed by atoms with Crippen LogP contribution in [0.5, 0.6) is 0 Å². The fourth-order valence-corrected chi connectivity index (χ4v) is 8.03. The number of hydrogen-bond donors (Lipinski definition) is 5. The van der Waals surface area contributed by atoms with Gasteiger partial charge in [0.2, 0.25) is 11.8 Å². The highest BCUT2D eigenvalue weighted by Gasteiger charge is 2.37. The lowest BCUT2D eigenvalue weighted by Gasteiger charge is -2.44. The van der Waals surface area contributed by atoms with Crippen molar-refractivity contribution >= 4 is 11.8 Å². The van der Waals surface area contributed by atoms with Crippen LogP contribution in [0.1, 0.15) is 65.2 Å². The number of carbonyl (C=O) groups is 2. The van der Waals surface area contributed by atoms with E-state index in [9.17, 15) is 14.7 Å². The maximum absolute atomic E-state index is 13.3. The molecule has 9 atom stereocenters. The van der Waals surface area contributed by atoms with Crippen molar-refractivity contribution in [2.24, 2.45) is 17.8 Å². The number of nitrogens with zero attached hydrogens (tertiary/aromatic N) is 3. The molecule has 5 aliphatic rings. The van der Waals surface area contributed by atoms with Crippen molar-refractivity contribution < 1.29 is 24.2 Å². The summed E-state index contributed by atoms with van der Waals surface area (Å²) in [6, 6.07) is 0.678. The van der Waals surface area contributed by atoms with Gasteiger partial charge in [0.05, 0.1) is 44.0 Å². The maximum atomic E-state index is 13.3. The molecule has 1 saturated carbocycles. The maximum Gasteiger partial charge on any atom is 0.223 e. The van der Waals surface area contributed by atoms with E-state index in [-0.39, 0.29) is 42.7 Å². The molecule has 0 bridgehead atoms. The van der Waals surface area contributed by atoms with Gasteiger partial charge < -0.3 is 29.7 Å². The van der Waals surface area contributed by atoms with Crippen LogP contribution in [-0.4, -0.2) is 141 Å². The Morgan fingerprint density at radius 2 is 1.86 bits per heavy atom. The number of ether oxygens (including phenoxy) is 2. The summed E-state index contributed by atoms with van der Waals surface area (Å²) in [5.41, 5.74) is 0. The Bertz CT molecular complexity index is 935. The van der Waals surface area contributed by atoms with Gasteiger partial charge in [-0.2, -0.15) is 0 Å². The van der Waals surface area contributed by atoms with Crippen molar-refractivity contribution in [1.29, 1.82) is 0 Å². The van der Waals surface area contributed by atoms with Crippen molar-refractivity contribution in [1.82, 2.24) is 36.0 Å². The lowest BCUT2D eigenvalue weighted by atomic mass is 9.74. The first-order chi connectivity index (χ1) is 21.1. The number of β-amino-alcohol motifs (C(OH)–C–C–N with tert-alkyl or cyclic N) is 1. The predicted molar refractivity (Wildman–Crippen MR) is 169 cm³/mol. The highest BCUT2D eigenvalue weighted by Crippen LogP contribution is 2.37. The van der Waals surface area contributed by atoms with Crippen molar-refractivity contribution in [3.05, 3.63) is 0 Å². The second-order valence-corrected chi connectivity index (χ2v) is 14.4. The Morgan fingerprint density at radius 1 is 1.07 bits per heavy atom. The van der Waals surface area contributed by atoms with Gasteiger partial charge in [0.1, 0.15) is 0 Å². The summed E-state index contributed by atoms with van der Waals surface area (Å²) in [5.74, 6) is 1.39. The number of piperidine rings is 3.